The highest BCUT2D eigenvalue weighted by atomic mass is 16.5. The fourth-order valence-electron chi connectivity index (χ4n) is 3.18. The second-order valence-corrected chi connectivity index (χ2v) is 6.03. The standard InChI is InChI=1S/C20H15NO4/c1-10-3-5-11(6-4-10)17-15-16(20(24)21-17)18(22)13-8-7-12(25-2)9-14(13)19(15)23/h3-9,22H,1-2H3,(H,21,24). The minimum absolute atomic E-state index is 0.0261. The van der Waals surface area contributed by atoms with Gasteiger partial charge in [0.2, 0.25) is 0 Å². The summed E-state index contributed by atoms with van der Waals surface area (Å²) >= 11 is 0. The van der Waals surface area contributed by atoms with Crippen LogP contribution in [0, 0.1) is 6.92 Å². The summed E-state index contributed by atoms with van der Waals surface area (Å²) in [6.45, 7) is 1.96. The smallest absolute Gasteiger partial charge is 0.260 e. The molecule has 1 heterocycles. The Morgan fingerprint density at radius 3 is 2.36 bits per heavy atom. The molecule has 0 radical (unpaired) electrons. The normalized spacial score (nSPS) is 15.9. The summed E-state index contributed by atoms with van der Waals surface area (Å²) in [5.74, 6) is -0.460. The Labute approximate surface area is 144 Å². The first-order chi connectivity index (χ1) is 12.0. The number of amides is 1. The Kier molecular flexibility index (Phi) is 3.25. The number of aliphatic hydroxyl groups is 1. The van der Waals surface area contributed by atoms with Crippen molar-refractivity contribution in [1.29, 1.82) is 0 Å². The quantitative estimate of drug-likeness (QED) is 0.886. The van der Waals surface area contributed by atoms with Crippen LogP contribution < -0.4 is 10.1 Å². The zero-order chi connectivity index (χ0) is 17.7. The first-order valence-corrected chi connectivity index (χ1v) is 7.80. The van der Waals surface area contributed by atoms with E-state index in [9.17, 15) is 14.7 Å². The lowest BCUT2D eigenvalue weighted by Crippen LogP contribution is -2.19. The van der Waals surface area contributed by atoms with Crippen molar-refractivity contribution in [2.45, 2.75) is 6.92 Å². The van der Waals surface area contributed by atoms with Crippen LogP contribution in [-0.2, 0) is 4.79 Å². The lowest BCUT2D eigenvalue weighted by Gasteiger charge is -2.18. The molecule has 2 N–H and O–H groups in total. The summed E-state index contributed by atoms with van der Waals surface area (Å²) in [4.78, 5) is 25.5. The van der Waals surface area contributed by atoms with Crippen molar-refractivity contribution in [1.82, 2.24) is 5.32 Å². The minimum Gasteiger partial charge on any atom is -0.506 e. The van der Waals surface area contributed by atoms with Gasteiger partial charge in [0.1, 0.15) is 11.5 Å². The maximum Gasteiger partial charge on any atom is 0.260 e. The van der Waals surface area contributed by atoms with Gasteiger partial charge in [0.15, 0.2) is 5.78 Å². The number of aryl methyl sites for hydroxylation is 1. The summed E-state index contributed by atoms with van der Waals surface area (Å²) in [5.41, 5.74) is 3.09. The molecule has 0 spiro atoms. The molecule has 2 aromatic carbocycles. The average molecular weight is 333 g/mol. The molecule has 25 heavy (non-hydrogen) atoms. The van der Waals surface area contributed by atoms with Gasteiger partial charge in [0, 0.05) is 11.1 Å². The molecule has 0 atom stereocenters. The van der Waals surface area contributed by atoms with E-state index in [0.29, 0.717) is 22.6 Å². The third kappa shape index (κ3) is 2.16. The fourth-order valence-corrected chi connectivity index (χ4v) is 3.18. The molecule has 0 aromatic heterocycles. The van der Waals surface area contributed by atoms with Gasteiger partial charge in [-0.05, 0) is 30.7 Å². The Morgan fingerprint density at radius 2 is 1.68 bits per heavy atom. The van der Waals surface area contributed by atoms with Crippen LogP contribution in [0.2, 0.25) is 0 Å². The number of aliphatic hydroxyl groups excluding tert-OH is 1. The number of carbonyl (C=O) groups is 2. The lowest BCUT2D eigenvalue weighted by molar-refractivity contribution is -0.115. The summed E-state index contributed by atoms with van der Waals surface area (Å²) in [7, 11) is 1.51. The van der Waals surface area contributed by atoms with Gasteiger partial charge in [0.05, 0.1) is 24.0 Å². The van der Waals surface area contributed by atoms with Crippen LogP contribution in [-0.4, -0.2) is 23.9 Å². The third-order valence-electron chi connectivity index (χ3n) is 4.50. The molecule has 5 heteroatoms. The SMILES string of the molecule is COc1ccc2c(c1)C(=O)C1=C(c3ccc(C)cc3)NC(=O)C1=C2O. The van der Waals surface area contributed by atoms with E-state index in [1.165, 1.54) is 7.11 Å². The number of rotatable bonds is 2. The van der Waals surface area contributed by atoms with Gasteiger partial charge in [-0.2, -0.15) is 0 Å². The largest absolute Gasteiger partial charge is 0.506 e. The van der Waals surface area contributed by atoms with Crippen LogP contribution in [0.3, 0.4) is 0 Å². The molecule has 1 amide bonds. The van der Waals surface area contributed by atoms with Crippen LogP contribution in [0.25, 0.3) is 11.5 Å². The number of ether oxygens (including phenoxy) is 1. The first kappa shape index (κ1) is 15.2. The van der Waals surface area contributed by atoms with Crippen LogP contribution >= 0.6 is 0 Å². The molecule has 124 valence electrons. The summed E-state index contributed by atoms with van der Waals surface area (Å²) in [6.07, 6.45) is 0. The summed E-state index contributed by atoms with van der Waals surface area (Å²) < 4.78 is 5.17. The van der Waals surface area contributed by atoms with Crippen molar-refractivity contribution in [2.24, 2.45) is 0 Å². The van der Waals surface area contributed by atoms with Gasteiger partial charge < -0.3 is 15.2 Å². The molecule has 0 fully saturated rings. The van der Waals surface area contributed by atoms with E-state index in [1.54, 1.807) is 18.2 Å². The number of Topliss-reactive ketones (excluding diaryl/α,β-unsaturated/α-hetero) is 1. The number of fused-ring (bicyclic) bond motifs is 2. The van der Waals surface area contributed by atoms with Gasteiger partial charge in [-0.3, -0.25) is 9.59 Å². The monoisotopic (exact) mass is 333 g/mol. The molecule has 2 aliphatic rings. The number of methoxy groups -OCH3 is 1. The van der Waals surface area contributed by atoms with E-state index >= 15 is 0 Å². The second kappa shape index (κ2) is 5.34. The molecule has 2 aromatic rings. The van der Waals surface area contributed by atoms with Gasteiger partial charge in [-0.25, -0.2) is 0 Å². The Morgan fingerprint density at radius 1 is 0.960 bits per heavy atom. The van der Waals surface area contributed by atoms with E-state index in [2.05, 4.69) is 5.32 Å². The minimum atomic E-state index is -0.474. The number of hydrogen-bond donors (Lipinski definition) is 2. The molecule has 0 bridgehead atoms. The van der Waals surface area contributed by atoms with Gasteiger partial charge in [-0.15, -0.1) is 0 Å². The van der Waals surface area contributed by atoms with Crippen LogP contribution in [0.1, 0.15) is 27.0 Å². The zero-order valence-electron chi connectivity index (χ0n) is 13.7. The number of hydrogen-bond acceptors (Lipinski definition) is 4. The Hall–Kier alpha value is -3.34. The van der Waals surface area contributed by atoms with Crippen molar-refractivity contribution in [3.63, 3.8) is 0 Å². The van der Waals surface area contributed by atoms with Crippen LogP contribution in [0.15, 0.2) is 53.6 Å². The van der Waals surface area contributed by atoms with Crippen molar-refractivity contribution >= 4 is 23.1 Å². The predicted molar refractivity (Wildman–Crippen MR) is 93.1 cm³/mol. The molecular weight excluding hydrogens is 318 g/mol. The summed E-state index contributed by atoms with van der Waals surface area (Å²) in [5, 5.41) is 13.3. The molecule has 1 aliphatic heterocycles. The molecule has 1 aliphatic carbocycles. The van der Waals surface area contributed by atoms with Crippen LogP contribution in [0.4, 0.5) is 0 Å². The topological polar surface area (TPSA) is 75.6 Å². The molecule has 4 rings (SSSR count). The third-order valence-corrected chi connectivity index (χ3v) is 4.50. The van der Waals surface area contributed by atoms with Crippen LogP contribution in [0.5, 0.6) is 5.75 Å². The van der Waals surface area contributed by atoms with E-state index in [0.717, 1.165) is 11.1 Å². The van der Waals surface area contributed by atoms with E-state index in [-0.39, 0.29) is 22.7 Å². The first-order valence-electron chi connectivity index (χ1n) is 7.80. The van der Waals surface area contributed by atoms with Gasteiger partial charge in [-0.1, -0.05) is 29.8 Å². The second-order valence-electron chi connectivity index (χ2n) is 6.03. The van der Waals surface area contributed by atoms with E-state index < -0.39 is 5.91 Å². The number of benzene rings is 2. The lowest BCUT2D eigenvalue weighted by atomic mass is 9.85. The van der Waals surface area contributed by atoms with E-state index in [1.807, 2.05) is 31.2 Å². The molecule has 0 saturated carbocycles. The number of carbonyl (C=O) groups excluding carboxylic acids is 2. The Bertz CT molecular complexity index is 997. The average Bonchev–Trinajstić information content (AvgIpc) is 2.97. The highest BCUT2D eigenvalue weighted by Crippen LogP contribution is 2.41. The van der Waals surface area contributed by atoms with Crippen molar-refractivity contribution in [3.8, 4) is 5.75 Å². The molecule has 0 unspecified atom stereocenters. The predicted octanol–water partition coefficient (Wildman–Crippen LogP) is 3.01. The van der Waals surface area contributed by atoms with Crippen molar-refractivity contribution in [2.75, 3.05) is 7.11 Å². The Balaban J connectivity index is 1.98. The molecular formula is C20H15NO4. The van der Waals surface area contributed by atoms with Crippen molar-refractivity contribution in [3.05, 3.63) is 75.9 Å². The van der Waals surface area contributed by atoms with Gasteiger partial charge >= 0.3 is 0 Å². The van der Waals surface area contributed by atoms with Gasteiger partial charge in [0.25, 0.3) is 5.91 Å². The number of nitrogens with one attached hydrogen (secondary N) is 1. The zero-order valence-corrected chi connectivity index (χ0v) is 13.7. The highest BCUT2D eigenvalue weighted by molar-refractivity contribution is 6.32. The number of ketones is 1. The van der Waals surface area contributed by atoms with Crippen molar-refractivity contribution < 1.29 is 19.4 Å². The summed E-state index contributed by atoms with van der Waals surface area (Å²) in [6, 6.07) is 12.3. The molecule has 5 nitrogen and oxygen atoms in total. The highest BCUT2D eigenvalue weighted by Gasteiger charge is 2.40. The molecule has 0 saturated heterocycles. The maximum atomic E-state index is 13.1. The maximum absolute atomic E-state index is 13.1. The fraction of sp³-hybridized carbons (Fsp3) is 0.100. The van der Waals surface area contributed by atoms with E-state index in [4.69, 9.17) is 4.74 Å².